The Morgan fingerprint density at radius 1 is 1.17 bits per heavy atom. The Balaban J connectivity index is 1.63. The summed E-state index contributed by atoms with van der Waals surface area (Å²) in [5.74, 6) is 1.63. The van der Waals surface area contributed by atoms with Gasteiger partial charge in [0.25, 0.3) is 5.91 Å². The highest BCUT2D eigenvalue weighted by Crippen LogP contribution is 2.33. The van der Waals surface area contributed by atoms with Crippen LogP contribution in [0.1, 0.15) is 53.7 Å². The summed E-state index contributed by atoms with van der Waals surface area (Å²) in [7, 11) is 0. The van der Waals surface area contributed by atoms with Crippen LogP contribution in [0, 0.1) is 6.92 Å². The second kappa shape index (κ2) is 6.26. The van der Waals surface area contributed by atoms with Crippen LogP contribution in [0.15, 0.2) is 24.3 Å². The summed E-state index contributed by atoms with van der Waals surface area (Å²) in [5.41, 5.74) is 1.87. The first-order valence-electron chi connectivity index (χ1n) is 8.78. The smallest absolute Gasteiger partial charge is 0.256 e. The standard InChI is InChI=1S/C18H23N5O/c1-13-19-17(21-20-13)16-9-6-12-23(16)18(24)14-7-2-3-8-15(14)22-10-4-5-11-22/h2-3,7-8,16H,4-6,9-12H2,1H3,(H,19,20,21). The largest absolute Gasteiger partial charge is 0.371 e. The highest BCUT2D eigenvalue weighted by atomic mass is 16.2. The van der Waals surface area contributed by atoms with Crippen molar-refractivity contribution in [1.82, 2.24) is 20.1 Å². The molecule has 6 nitrogen and oxygen atoms in total. The molecule has 0 radical (unpaired) electrons. The molecule has 126 valence electrons. The highest BCUT2D eigenvalue weighted by molar-refractivity contribution is 6.00. The van der Waals surface area contributed by atoms with Crippen molar-refractivity contribution in [3.8, 4) is 0 Å². The number of amides is 1. The number of hydrogen-bond acceptors (Lipinski definition) is 4. The van der Waals surface area contributed by atoms with Crippen molar-refractivity contribution in [2.24, 2.45) is 0 Å². The van der Waals surface area contributed by atoms with Crippen molar-refractivity contribution in [2.75, 3.05) is 24.5 Å². The molecular weight excluding hydrogens is 302 g/mol. The number of benzene rings is 1. The van der Waals surface area contributed by atoms with E-state index in [-0.39, 0.29) is 11.9 Å². The zero-order valence-corrected chi connectivity index (χ0v) is 14.0. The van der Waals surface area contributed by atoms with Crippen LogP contribution < -0.4 is 4.90 Å². The van der Waals surface area contributed by atoms with Gasteiger partial charge in [0.05, 0.1) is 11.6 Å². The molecule has 2 fully saturated rings. The maximum absolute atomic E-state index is 13.2. The van der Waals surface area contributed by atoms with Gasteiger partial charge in [0.1, 0.15) is 5.82 Å². The summed E-state index contributed by atoms with van der Waals surface area (Å²) in [5, 5.41) is 7.18. The molecule has 0 saturated carbocycles. The van der Waals surface area contributed by atoms with Gasteiger partial charge in [0, 0.05) is 25.3 Å². The summed E-state index contributed by atoms with van der Waals surface area (Å²) >= 11 is 0. The fourth-order valence-corrected chi connectivity index (χ4v) is 3.83. The van der Waals surface area contributed by atoms with Crippen LogP contribution >= 0.6 is 0 Å². The molecular formula is C18H23N5O. The monoisotopic (exact) mass is 325 g/mol. The van der Waals surface area contributed by atoms with Crippen molar-refractivity contribution in [3.63, 3.8) is 0 Å². The minimum atomic E-state index is -0.0194. The van der Waals surface area contributed by atoms with Crippen molar-refractivity contribution in [2.45, 2.75) is 38.6 Å². The van der Waals surface area contributed by atoms with Crippen molar-refractivity contribution >= 4 is 11.6 Å². The van der Waals surface area contributed by atoms with Crippen LogP contribution in [0.25, 0.3) is 0 Å². The molecule has 2 saturated heterocycles. The number of anilines is 1. The van der Waals surface area contributed by atoms with Gasteiger partial charge in [-0.3, -0.25) is 9.89 Å². The van der Waals surface area contributed by atoms with Crippen LogP contribution in [-0.4, -0.2) is 45.6 Å². The summed E-state index contributed by atoms with van der Waals surface area (Å²) in [4.78, 5) is 22.0. The number of carbonyl (C=O) groups is 1. The average Bonchev–Trinajstić information content (AvgIpc) is 3.35. The van der Waals surface area contributed by atoms with Gasteiger partial charge in [0.2, 0.25) is 0 Å². The van der Waals surface area contributed by atoms with Gasteiger partial charge in [-0.25, -0.2) is 4.98 Å². The fourth-order valence-electron chi connectivity index (χ4n) is 3.83. The molecule has 6 heteroatoms. The van der Waals surface area contributed by atoms with Gasteiger partial charge in [-0.15, -0.1) is 0 Å². The highest BCUT2D eigenvalue weighted by Gasteiger charge is 2.34. The van der Waals surface area contributed by atoms with E-state index in [9.17, 15) is 4.79 Å². The number of H-pyrrole nitrogens is 1. The van der Waals surface area contributed by atoms with Crippen molar-refractivity contribution in [3.05, 3.63) is 41.5 Å². The number of para-hydroxylation sites is 1. The molecule has 2 aromatic rings. The summed E-state index contributed by atoms with van der Waals surface area (Å²) < 4.78 is 0. The fraction of sp³-hybridized carbons (Fsp3) is 0.500. The van der Waals surface area contributed by atoms with E-state index in [4.69, 9.17) is 0 Å². The van der Waals surface area contributed by atoms with Crippen LogP contribution in [0.4, 0.5) is 5.69 Å². The van der Waals surface area contributed by atoms with E-state index in [1.54, 1.807) is 0 Å². The van der Waals surface area contributed by atoms with E-state index in [0.717, 1.165) is 55.4 Å². The Labute approximate surface area is 141 Å². The average molecular weight is 325 g/mol. The first kappa shape index (κ1) is 15.2. The molecule has 1 N–H and O–H groups in total. The third-order valence-corrected chi connectivity index (χ3v) is 5.01. The molecule has 0 bridgehead atoms. The molecule has 1 atom stereocenters. The predicted molar refractivity (Wildman–Crippen MR) is 92.0 cm³/mol. The normalized spacial score (nSPS) is 20.8. The minimum Gasteiger partial charge on any atom is -0.371 e. The van der Waals surface area contributed by atoms with Gasteiger partial charge in [-0.05, 0) is 44.7 Å². The summed E-state index contributed by atoms with van der Waals surface area (Å²) in [6.45, 7) is 4.73. The number of likely N-dealkylation sites (tertiary alicyclic amines) is 1. The Morgan fingerprint density at radius 3 is 2.71 bits per heavy atom. The molecule has 1 aromatic heterocycles. The molecule has 0 aliphatic carbocycles. The zero-order chi connectivity index (χ0) is 16.5. The Bertz CT molecular complexity index is 735. The predicted octanol–water partition coefficient (Wildman–Crippen LogP) is 2.69. The van der Waals surface area contributed by atoms with E-state index < -0.39 is 0 Å². The lowest BCUT2D eigenvalue weighted by Gasteiger charge is -2.26. The van der Waals surface area contributed by atoms with Crippen LogP contribution in [0.3, 0.4) is 0 Å². The van der Waals surface area contributed by atoms with Gasteiger partial charge < -0.3 is 9.80 Å². The zero-order valence-electron chi connectivity index (χ0n) is 14.0. The molecule has 24 heavy (non-hydrogen) atoms. The number of aromatic amines is 1. The lowest BCUT2D eigenvalue weighted by Crippen LogP contribution is -2.32. The van der Waals surface area contributed by atoms with E-state index in [1.807, 2.05) is 30.0 Å². The van der Waals surface area contributed by atoms with E-state index >= 15 is 0 Å². The van der Waals surface area contributed by atoms with Gasteiger partial charge >= 0.3 is 0 Å². The second-order valence-corrected chi connectivity index (χ2v) is 6.65. The third kappa shape index (κ3) is 2.66. The molecule has 4 rings (SSSR count). The molecule has 2 aliphatic heterocycles. The Kier molecular flexibility index (Phi) is 3.96. The van der Waals surface area contributed by atoms with Crippen molar-refractivity contribution < 1.29 is 4.79 Å². The Hall–Kier alpha value is -2.37. The second-order valence-electron chi connectivity index (χ2n) is 6.65. The van der Waals surface area contributed by atoms with Crippen LogP contribution in [0.2, 0.25) is 0 Å². The maximum Gasteiger partial charge on any atom is 0.256 e. The van der Waals surface area contributed by atoms with Crippen molar-refractivity contribution in [1.29, 1.82) is 0 Å². The van der Waals surface area contributed by atoms with Crippen LogP contribution in [0.5, 0.6) is 0 Å². The molecule has 1 amide bonds. The SMILES string of the molecule is Cc1nc(C2CCCN2C(=O)c2ccccc2N2CCCC2)n[nH]1. The van der Waals surface area contributed by atoms with E-state index in [1.165, 1.54) is 12.8 Å². The topological polar surface area (TPSA) is 65.1 Å². The lowest BCUT2D eigenvalue weighted by molar-refractivity contribution is 0.0730. The van der Waals surface area contributed by atoms with E-state index in [2.05, 4.69) is 26.1 Å². The van der Waals surface area contributed by atoms with Gasteiger partial charge in [-0.2, -0.15) is 5.10 Å². The number of carbonyl (C=O) groups excluding carboxylic acids is 1. The number of hydrogen-bond donors (Lipinski definition) is 1. The molecule has 0 spiro atoms. The van der Waals surface area contributed by atoms with Gasteiger partial charge in [0.15, 0.2) is 5.82 Å². The number of rotatable bonds is 3. The summed E-state index contributed by atoms with van der Waals surface area (Å²) in [6, 6.07) is 7.98. The maximum atomic E-state index is 13.2. The Morgan fingerprint density at radius 2 is 1.96 bits per heavy atom. The number of nitrogens with zero attached hydrogens (tertiary/aromatic N) is 4. The minimum absolute atomic E-state index is 0.0194. The van der Waals surface area contributed by atoms with E-state index in [0.29, 0.717) is 0 Å². The molecule has 2 aliphatic rings. The summed E-state index contributed by atoms with van der Waals surface area (Å²) in [6.07, 6.45) is 4.32. The molecule has 1 aromatic carbocycles. The number of aryl methyl sites for hydroxylation is 1. The molecule has 3 heterocycles. The van der Waals surface area contributed by atoms with Gasteiger partial charge in [-0.1, -0.05) is 12.1 Å². The number of aromatic nitrogens is 3. The third-order valence-electron chi connectivity index (χ3n) is 5.01. The lowest BCUT2D eigenvalue weighted by atomic mass is 10.1. The first-order chi connectivity index (χ1) is 11.7. The number of nitrogens with one attached hydrogen (secondary N) is 1. The van der Waals surface area contributed by atoms with Crippen LogP contribution in [-0.2, 0) is 0 Å². The molecule has 1 unspecified atom stereocenters. The quantitative estimate of drug-likeness (QED) is 0.942. The first-order valence-corrected chi connectivity index (χ1v) is 8.78.